The smallest absolute Gasteiger partial charge is 0.316 e. The monoisotopic (exact) mass is 335 g/mol. The van der Waals surface area contributed by atoms with E-state index in [4.69, 9.17) is 10.00 Å². The van der Waals surface area contributed by atoms with Gasteiger partial charge in [0.05, 0.1) is 24.3 Å². The summed E-state index contributed by atoms with van der Waals surface area (Å²) in [6.07, 6.45) is 4.07. The first-order valence-electron chi connectivity index (χ1n) is 7.79. The second-order valence-electron chi connectivity index (χ2n) is 5.22. The second-order valence-corrected chi connectivity index (χ2v) is 5.22. The van der Waals surface area contributed by atoms with Crippen LogP contribution in [0.25, 0.3) is 0 Å². The van der Waals surface area contributed by atoms with Gasteiger partial charge < -0.3 is 10.1 Å². The molecule has 0 saturated heterocycles. The Morgan fingerprint density at radius 1 is 1.20 bits per heavy atom. The molecule has 0 aliphatic rings. The summed E-state index contributed by atoms with van der Waals surface area (Å²) >= 11 is 0. The number of carbonyl (C=O) groups is 1. The van der Waals surface area contributed by atoms with E-state index in [9.17, 15) is 10.1 Å². The van der Waals surface area contributed by atoms with Gasteiger partial charge in [-0.3, -0.25) is 4.79 Å². The number of aromatic nitrogens is 2. The quantitative estimate of drug-likeness (QED) is 0.734. The van der Waals surface area contributed by atoms with Crippen LogP contribution in [0, 0.1) is 28.6 Å². The highest BCUT2D eigenvalue weighted by atomic mass is 16.5. The predicted octanol–water partition coefficient (Wildman–Crippen LogP) is 1.62. The van der Waals surface area contributed by atoms with Gasteiger partial charge in [0, 0.05) is 18.9 Å². The van der Waals surface area contributed by atoms with Gasteiger partial charge >= 0.3 is 6.01 Å². The number of rotatable bonds is 8. The lowest BCUT2D eigenvalue weighted by atomic mass is 9.99. The SMILES string of the molecule is N#Cc1ccc(CC(C#N)C(=O)NCCCOc2ncccn2)cc1. The molecule has 2 aromatic rings. The first kappa shape index (κ1) is 17.9. The summed E-state index contributed by atoms with van der Waals surface area (Å²) in [5, 5.41) is 20.7. The fourth-order valence-electron chi connectivity index (χ4n) is 2.08. The molecule has 0 radical (unpaired) electrons. The van der Waals surface area contributed by atoms with Crippen molar-refractivity contribution in [3.8, 4) is 18.1 Å². The van der Waals surface area contributed by atoms with Crippen molar-refractivity contribution in [1.29, 1.82) is 10.5 Å². The zero-order valence-corrected chi connectivity index (χ0v) is 13.6. The number of nitriles is 2. The summed E-state index contributed by atoms with van der Waals surface area (Å²) in [5.41, 5.74) is 1.38. The number of benzene rings is 1. The van der Waals surface area contributed by atoms with Gasteiger partial charge in [0.1, 0.15) is 5.92 Å². The minimum atomic E-state index is -0.772. The molecule has 1 unspecified atom stereocenters. The molecule has 1 amide bonds. The first-order valence-corrected chi connectivity index (χ1v) is 7.79. The van der Waals surface area contributed by atoms with Crippen LogP contribution in [0.5, 0.6) is 6.01 Å². The van der Waals surface area contributed by atoms with E-state index in [1.165, 1.54) is 0 Å². The Morgan fingerprint density at radius 3 is 2.56 bits per heavy atom. The molecule has 1 atom stereocenters. The molecule has 2 rings (SSSR count). The van der Waals surface area contributed by atoms with Crippen LogP contribution in [-0.4, -0.2) is 29.0 Å². The van der Waals surface area contributed by atoms with Crippen LogP contribution < -0.4 is 10.1 Å². The Bertz CT molecular complexity index is 763. The van der Waals surface area contributed by atoms with E-state index in [1.54, 1.807) is 42.7 Å². The van der Waals surface area contributed by atoms with E-state index >= 15 is 0 Å². The van der Waals surface area contributed by atoms with Crippen molar-refractivity contribution in [3.63, 3.8) is 0 Å². The second kappa shape index (κ2) is 9.64. The first-order chi connectivity index (χ1) is 12.2. The summed E-state index contributed by atoms with van der Waals surface area (Å²) in [6.45, 7) is 0.772. The predicted molar refractivity (Wildman–Crippen MR) is 89.1 cm³/mol. The van der Waals surface area contributed by atoms with Gasteiger partial charge in [0.15, 0.2) is 0 Å². The molecule has 1 N–H and O–H groups in total. The molecule has 0 spiro atoms. The van der Waals surface area contributed by atoms with E-state index in [-0.39, 0.29) is 5.91 Å². The van der Waals surface area contributed by atoms with Crippen LogP contribution in [0.4, 0.5) is 0 Å². The van der Waals surface area contributed by atoms with E-state index in [0.29, 0.717) is 37.6 Å². The maximum Gasteiger partial charge on any atom is 0.316 e. The Balaban J connectivity index is 1.72. The van der Waals surface area contributed by atoms with Crippen molar-refractivity contribution in [2.75, 3.05) is 13.2 Å². The molecule has 7 nitrogen and oxygen atoms in total. The largest absolute Gasteiger partial charge is 0.463 e. The molecule has 0 bridgehead atoms. The Kier molecular flexibility index (Phi) is 6.90. The molecule has 1 aromatic heterocycles. The maximum absolute atomic E-state index is 12.1. The summed E-state index contributed by atoms with van der Waals surface area (Å²) in [7, 11) is 0. The molecule has 0 aliphatic carbocycles. The summed E-state index contributed by atoms with van der Waals surface area (Å²) in [5.74, 6) is -1.09. The zero-order chi connectivity index (χ0) is 17.9. The lowest BCUT2D eigenvalue weighted by Gasteiger charge is -2.10. The molecule has 0 fully saturated rings. The molecule has 0 aliphatic heterocycles. The van der Waals surface area contributed by atoms with Gasteiger partial charge in [-0.15, -0.1) is 0 Å². The highest BCUT2D eigenvalue weighted by Crippen LogP contribution is 2.10. The van der Waals surface area contributed by atoms with E-state index in [1.807, 2.05) is 12.1 Å². The van der Waals surface area contributed by atoms with Crippen LogP contribution in [0.1, 0.15) is 17.5 Å². The van der Waals surface area contributed by atoms with Crippen LogP contribution in [0.15, 0.2) is 42.7 Å². The van der Waals surface area contributed by atoms with E-state index in [2.05, 4.69) is 15.3 Å². The molecule has 1 heterocycles. The third kappa shape index (κ3) is 5.92. The van der Waals surface area contributed by atoms with Crippen molar-refractivity contribution >= 4 is 5.91 Å². The normalized spacial score (nSPS) is 11.0. The highest BCUT2D eigenvalue weighted by molar-refractivity contribution is 5.81. The van der Waals surface area contributed by atoms with Gasteiger partial charge in [-0.25, -0.2) is 9.97 Å². The Labute approximate surface area is 145 Å². The fraction of sp³-hybridized carbons (Fsp3) is 0.278. The van der Waals surface area contributed by atoms with Crippen molar-refractivity contribution in [2.45, 2.75) is 12.8 Å². The lowest BCUT2D eigenvalue weighted by Crippen LogP contribution is -2.32. The van der Waals surface area contributed by atoms with Gasteiger partial charge in [0.2, 0.25) is 5.91 Å². The topological polar surface area (TPSA) is 112 Å². The van der Waals surface area contributed by atoms with Crippen molar-refractivity contribution in [2.24, 2.45) is 5.92 Å². The average Bonchev–Trinajstić information content (AvgIpc) is 2.67. The number of carbonyl (C=O) groups excluding carboxylic acids is 1. The number of nitrogens with one attached hydrogen (secondary N) is 1. The van der Waals surface area contributed by atoms with Crippen molar-refractivity contribution in [1.82, 2.24) is 15.3 Å². The van der Waals surface area contributed by atoms with E-state index in [0.717, 1.165) is 5.56 Å². The third-order valence-corrected chi connectivity index (χ3v) is 3.39. The molecule has 7 heteroatoms. The van der Waals surface area contributed by atoms with Crippen LogP contribution >= 0.6 is 0 Å². The molecule has 25 heavy (non-hydrogen) atoms. The van der Waals surface area contributed by atoms with Gasteiger partial charge in [-0.05, 0) is 36.6 Å². The maximum atomic E-state index is 12.1. The minimum Gasteiger partial charge on any atom is -0.463 e. The number of nitrogens with zero attached hydrogens (tertiary/aromatic N) is 4. The molecule has 1 aromatic carbocycles. The Hall–Kier alpha value is -3.45. The van der Waals surface area contributed by atoms with Crippen molar-refractivity contribution in [3.05, 3.63) is 53.9 Å². The summed E-state index contributed by atoms with van der Waals surface area (Å²) < 4.78 is 5.33. The average molecular weight is 335 g/mol. The summed E-state index contributed by atoms with van der Waals surface area (Å²) in [4.78, 5) is 19.9. The standard InChI is InChI=1S/C18H17N5O2/c19-12-15-5-3-14(4-6-15)11-16(13-20)17(24)21-9-2-10-25-18-22-7-1-8-23-18/h1,3-8,16H,2,9-11H2,(H,21,24). The Morgan fingerprint density at radius 2 is 1.92 bits per heavy atom. The molecular formula is C18H17N5O2. The van der Waals surface area contributed by atoms with Crippen LogP contribution in [0.2, 0.25) is 0 Å². The van der Waals surface area contributed by atoms with Gasteiger partial charge in [-0.2, -0.15) is 10.5 Å². The van der Waals surface area contributed by atoms with Crippen LogP contribution in [0.3, 0.4) is 0 Å². The van der Waals surface area contributed by atoms with Gasteiger partial charge in [0.25, 0.3) is 0 Å². The van der Waals surface area contributed by atoms with Crippen molar-refractivity contribution < 1.29 is 9.53 Å². The molecular weight excluding hydrogens is 318 g/mol. The highest BCUT2D eigenvalue weighted by Gasteiger charge is 2.17. The minimum absolute atomic E-state index is 0.296. The lowest BCUT2D eigenvalue weighted by molar-refractivity contribution is -0.123. The third-order valence-electron chi connectivity index (χ3n) is 3.39. The fourth-order valence-corrected chi connectivity index (χ4v) is 2.08. The van der Waals surface area contributed by atoms with E-state index < -0.39 is 5.92 Å². The summed E-state index contributed by atoms with van der Waals surface area (Å²) in [6, 6.07) is 12.9. The number of amides is 1. The van der Waals surface area contributed by atoms with Crippen LogP contribution in [-0.2, 0) is 11.2 Å². The number of hydrogen-bond donors (Lipinski definition) is 1. The zero-order valence-electron chi connectivity index (χ0n) is 13.6. The molecule has 0 saturated carbocycles. The molecule has 126 valence electrons. The number of ether oxygens (including phenoxy) is 1. The van der Waals surface area contributed by atoms with Gasteiger partial charge in [-0.1, -0.05) is 12.1 Å². The number of hydrogen-bond acceptors (Lipinski definition) is 6.